The molecule has 1 N–H and O–H groups in total. The van der Waals surface area contributed by atoms with Crippen LogP contribution in [0.1, 0.15) is 6.92 Å². The summed E-state index contributed by atoms with van der Waals surface area (Å²) in [6.07, 6.45) is 1.90. The van der Waals surface area contributed by atoms with Gasteiger partial charge in [-0.3, -0.25) is 0 Å². The molecule has 3 rings (SSSR count). The van der Waals surface area contributed by atoms with Crippen LogP contribution in [0.3, 0.4) is 0 Å². The lowest BCUT2D eigenvalue weighted by Crippen LogP contribution is -1.81. The number of imidazole rings is 1. The normalized spacial score (nSPS) is 10.7. The minimum absolute atomic E-state index is 0.911. The molecule has 0 saturated heterocycles. The van der Waals surface area contributed by atoms with Crippen molar-refractivity contribution < 1.29 is 0 Å². The smallest absolute Gasteiger partial charge is 0.137 e. The lowest BCUT2D eigenvalue weighted by atomic mass is 10.2. The zero-order valence-electron chi connectivity index (χ0n) is 11.3. The van der Waals surface area contributed by atoms with Crippen molar-refractivity contribution in [2.45, 2.75) is 11.8 Å². The minimum atomic E-state index is 0.911. The van der Waals surface area contributed by atoms with Crippen LogP contribution < -0.4 is 0 Å². The van der Waals surface area contributed by atoms with Crippen molar-refractivity contribution in [1.29, 1.82) is 0 Å². The summed E-state index contributed by atoms with van der Waals surface area (Å²) < 4.78 is 0. The fourth-order valence-corrected chi connectivity index (χ4v) is 2.85. The van der Waals surface area contributed by atoms with Crippen LogP contribution in [0, 0.1) is 0 Å². The molecule has 0 bridgehead atoms. The van der Waals surface area contributed by atoms with Gasteiger partial charge in [-0.2, -0.15) is 0 Å². The van der Waals surface area contributed by atoms with Gasteiger partial charge in [0.25, 0.3) is 0 Å². The van der Waals surface area contributed by atoms with Crippen LogP contribution in [0.2, 0.25) is 0 Å². The van der Waals surface area contributed by atoms with E-state index in [9.17, 15) is 0 Å². The van der Waals surface area contributed by atoms with Gasteiger partial charge in [0.2, 0.25) is 0 Å². The summed E-state index contributed by atoms with van der Waals surface area (Å²) in [4.78, 5) is 9.16. The first-order valence-corrected chi connectivity index (χ1v) is 7.69. The number of hydrogen-bond donors (Lipinski definition) is 1. The highest BCUT2D eigenvalue weighted by Gasteiger charge is 2.05. The monoisotopic (exact) mass is 280 g/mol. The molecule has 100 valence electrons. The third-order valence-electron chi connectivity index (χ3n) is 3.08. The van der Waals surface area contributed by atoms with E-state index in [-0.39, 0.29) is 0 Å². The third kappa shape index (κ3) is 2.78. The van der Waals surface area contributed by atoms with Gasteiger partial charge in [0.1, 0.15) is 5.82 Å². The Hall–Kier alpha value is -2.00. The highest BCUT2D eigenvalue weighted by molar-refractivity contribution is 7.99. The molecule has 0 spiro atoms. The van der Waals surface area contributed by atoms with Crippen LogP contribution >= 0.6 is 11.8 Å². The largest absolute Gasteiger partial charge is 0.338 e. The molecule has 2 nitrogen and oxygen atoms in total. The first-order chi connectivity index (χ1) is 9.86. The first kappa shape index (κ1) is 13.0. The molecule has 0 unspecified atom stereocenters. The summed E-state index contributed by atoms with van der Waals surface area (Å²) >= 11 is 1.85. The number of nitrogens with one attached hydrogen (secondary N) is 1. The maximum Gasteiger partial charge on any atom is 0.137 e. The van der Waals surface area contributed by atoms with Gasteiger partial charge in [0, 0.05) is 16.0 Å². The zero-order chi connectivity index (χ0) is 13.8. The molecule has 0 aliphatic heterocycles. The van der Waals surface area contributed by atoms with Crippen LogP contribution in [0.15, 0.2) is 65.7 Å². The van der Waals surface area contributed by atoms with Gasteiger partial charge in [-0.15, -0.1) is 11.8 Å². The van der Waals surface area contributed by atoms with Crippen molar-refractivity contribution in [3.8, 4) is 22.6 Å². The van der Waals surface area contributed by atoms with Crippen molar-refractivity contribution in [2.75, 3.05) is 5.75 Å². The molecule has 0 saturated carbocycles. The summed E-state index contributed by atoms with van der Waals surface area (Å²) in [5, 5.41) is 0. The number of aromatic amines is 1. The summed E-state index contributed by atoms with van der Waals surface area (Å²) in [6.45, 7) is 2.17. The van der Waals surface area contributed by atoms with Crippen molar-refractivity contribution in [3.05, 3.63) is 60.8 Å². The molecule has 3 aromatic rings. The van der Waals surface area contributed by atoms with Gasteiger partial charge >= 0.3 is 0 Å². The van der Waals surface area contributed by atoms with E-state index in [0.29, 0.717) is 0 Å². The summed E-state index contributed by atoms with van der Waals surface area (Å²) in [7, 11) is 0. The second-order valence-electron chi connectivity index (χ2n) is 4.47. The van der Waals surface area contributed by atoms with E-state index in [2.05, 4.69) is 53.3 Å². The quantitative estimate of drug-likeness (QED) is 0.692. The van der Waals surface area contributed by atoms with Crippen molar-refractivity contribution >= 4 is 11.8 Å². The molecule has 20 heavy (non-hydrogen) atoms. The van der Waals surface area contributed by atoms with E-state index >= 15 is 0 Å². The Bertz CT molecular complexity index is 689. The third-order valence-corrected chi connectivity index (χ3v) is 3.96. The molecule has 0 radical (unpaired) electrons. The lowest BCUT2D eigenvalue weighted by molar-refractivity contribution is 1.31. The predicted molar refractivity (Wildman–Crippen MR) is 85.9 cm³/mol. The lowest BCUT2D eigenvalue weighted by Gasteiger charge is -2.02. The maximum absolute atomic E-state index is 4.48. The van der Waals surface area contributed by atoms with Gasteiger partial charge < -0.3 is 4.98 Å². The summed E-state index contributed by atoms with van der Waals surface area (Å²) in [6, 6.07) is 18.7. The average molecular weight is 280 g/mol. The number of nitrogens with zero attached hydrogens (tertiary/aromatic N) is 1. The Labute approximate surface area is 123 Å². The zero-order valence-corrected chi connectivity index (χ0v) is 12.2. The van der Waals surface area contributed by atoms with Crippen LogP contribution in [0.4, 0.5) is 0 Å². The van der Waals surface area contributed by atoms with Gasteiger partial charge in [0.15, 0.2) is 0 Å². The van der Waals surface area contributed by atoms with Gasteiger partial charge in [-0.05, 0) is 17.9 Å². The van der Waals surface area contributed by atoms with Crippen LogP contribution in [0.25, 0.3) is 22.6 Å². The molecule has 0 fully saturated rings. The first-order valence-electron chi connectivity index (χ1n) is 6.70. The van der Waals surface area contributed by atoms with E-state index < -0.39 is 0 Å². The Morgan fingerprint density at radius 1 is 1.00 bits per heavy atom. The highest BCUT2D eigenvalue weighted by atomic mass is 32.2. The number of hydrogen-bond acceptors (Lipinski definition) is 2. The van der Waals surface area contributed by atoms with E-state index in [0.717, 1.165) is 22.8 Å². The average Bonchev–Trinajstić information content (AvgIpc) is 2.99. The van der Waals surface area contributed by atoms with Gasteiger partial charge in [-0.25, -0.2) is 4.98 Å². The molecule has 0 atom stereocenters. The Morgan fingerprint density at radius 2 is 1.80 bits per heavy atom. The van der Waals surface area contributed by atoms with Gasteiger partial charge in [-0.1, -0.05) is 49.4 Å². The number of benzene rings is 2. The molecule has 3 heteroatoms. The molecular weight excluding hydrogens is 264 g/mol. The molecule has 1 heterocycles. The Morgan fingerprint density at radius 3 is 2.60 bits per heavy atom. The molecule has 1 aromatic heterocycles. The number of H-pyrrole nitrogens is 1. The molecule has 0 amide bonds. The van der Waals surface area contributed by atoms with Crippen molar-refractivity contribution in [3.63, 3.8) is 0 Å². The minimum Gasteiger partial charge on any atom is -0.338 e. The van der Waals surface area contributed by atoms with Crippen LogP contribution in [0.5, 0.6) is 0 Å². The topological polar surface area (TPSA) is 28.7 Å². The van der Waals surface area contributed by atoms with Gasteiger partial charge in [0.05, 0.1) is 11.9 Å². The fourth-order valence-electron chi connectivity index (χ4n) is 2.13. The Kier molecular flexibility index (Phi) is 3.88. The van der Waals surface area contributed by atoms with E-state index in [1.807, 2.05) is 36.2 Å². The van der Waals surface area contributed by atoms with Crippen molar-refractivity contribution in [2.24, 2.45) is 0 Å². The maximum atomic E-state index is 4.48. The SMILES string of the molecule is CCSc1cccc(-c2cnc(-c3ccccc3)[nH]2)c1. The molecule has 0 aliphatic carbocycles. The van der Waals surface area contributed by atoms with E-state index in [1.54, 1.807) is 0 Å². The molecule has 2 aromatic carbocycles. The van der Waals surface area contributed by atoms with Crippen LogP contribution in [-0.4, -0.2) is 15.7 Å². The van der Waals surface area contributed by atoms with E-state index in [1.165, 1.54) is 10.5 Å². The second kappa shape index (κ2) is 5.97. The van der Waals surface area contributed by atoms with Crippen LogP contribution in [-0.2, 0) is 0 Å². The standard InChI is InChI=1S/C17H16N2S/c1-2-20-15-10-6-9-14(11-15)16-12-18-17(19-16)13-7-4-3-5-8-13/h3-12H,2H2,1H3,(H,18,19). The predicted octanol–water partition coefficient (Wildman–Crippen LogP) is 4.86. The number of rotatable bonds is 4. The van der Waals surface area contributed by atoms with Crippen molar-refractivity contribution in [1.82, 2.24) is 9.97 Å². The van der Waals surface area contributed by atoms with E-state index in [4.69, 9.17) is 0 Å². The second-order valence-corrected chi connectivity index (χ2v) is 5.81. The molecular formula is C17H16N2S. The number of aromatic nitrogens is 2. The number of thioether (sulfide) groups is 1. The fraction of sp³-hybridized carbons (Fsp3) is 0.118. The molecule has 0 aliphatic rings. The Balaban J connectivity index is 1.92. The highest BCUT2D eigenvalue weighted by Crippen LogP contribution is 2.26. The summed E-state index contributed by atoms with van der Waals surface area (Å²) in [5.41, 5.74) is 3.35. The summed E-state index contributed by atoms with van der Waals surface area (Å²) in [5.74, 6) is 2.00.